The molecule has 2 aliphatic carbocycles. The number of nitrogens with two attached hydrogens (primary N) is 1. The second-order valence-electron chi connectivity index (χ2n) is 8.25. The highest BCUT2D eigenvalue weighted by molar-refractivity contribution is 5.95. The average molecular weight is 358 g/mol. The SMILES string of the molecule is CC(C)(NC(=O)Nc1ccccc1)C(=O)NC1C2CCCC1CC(N)C2. The third-order valence-corrected chi connectivity index (χ3v) is 5.70. The van der Waals surface area contributed by atoms with Gasteiger partial charge in [-0.2, -0.15) is 0 Å². The molecule has 1 aromatic rings. The zero-order valence-electron chi connectivity index (χ0n) is 15.6. The van der Waals surface area contributed by atoms with Gasteiger partial charge in [0, 0.05) is 17.8 Å². The minimum Gasteiger partial charge on any atom is -0.351 e. The van der Waals surface area contributed by atoms with Gasteiger partial charge in [0.05, 0.1) is 0 Å². The Kier molecular flexibility index (Phi) is 5.51. The summed E-state index contributed by atoms with van der Waals surface area (Å²) in [5.74, 6) is 0.767. The molecule has 142 valence electrons. The normalized spacial score (nSPS) is 28.1. The quantitative estimate of drug-likeness (QED) is 0.666. The number of urea groups is 1. The molecule has 0 saturated heterocycles. The van der Waals surface area contributed by atoms with E-state index in [0.717, 1.165) is 25.7 Å². The van der Waals surface area contributed by atoms with Crippen molar-refractivity contribution < 1.29 is 9.59 Å². The predicted molar refractivity (Wildman–Crippen MR) is 103 cm³/mol. The third-order valence-electron chi connectivity index (χ3n) is 5.70. The first-order valence-corrected chi connectivity index (χ1v) is 9.56. The van der Waals surface area contributed by atoms with E-state index in [1.807, 2.05) is 18.2 Å². The molecule has 0 radical (unpaired) electrons. The number of benzene rings is 1. The predicted octanol–water partition coefficient (Wildman–Crippen LogP) is 2.61. The number of para-hydroxylation sites is 1. The van der Waals surface area contributed by atoms with Crippen LogP contribution in [-0.2, 0) is 4.79 Å². The molecular formula is C20H30N4O2. The molecule has 0 aromatic heterocycles. The van der Waals surface area contributed by atoms with Crippen molar-refractivity contribution in [1.29, 1.82) is 0 Å². The van der Waals surface area contributed by atoms with Crippen LogP contribution in [0.3, 0.4) is 0 Å². The molecule has 0 heterocycles. The highest BCUT2D eigenvalue weighted by Crippen LogP contribution is 2.39. The maximum atomic E-state index is 12.8. The van der Waals surface area contributed by atoms with E-state index >= 15 is 0 Å². The van der Waals surface area contributed by atoms with Gasteiger partial charge in [0.15, 0.2) is 0 Å². The summed E-state index contributed by atoms with van der Waals surface area (Å²) < 4.78 is 0. The van der Waals surface area contributed by atoms with Gasteiger partial charge in [-0.1, -0.05) is 24.6 Å². The molecule has 26 heavy (non-hydrogen) atoms. The van der Waals surface area contributed by atoms with Gasteiger partial charge in [0.1, 0.15) is 5.54 Å². The van der Waals surface area contributed by atoms with Crippen molar-refractivity contribution in [3.63, 3.8) is 0 Å². The van der Waals surface area contributed by atoms with Gasteiger partial charge in [-0.25, -0.2) is 4.79 Å². The van der Waals surface area contributed by atoms with E-state index in [-0.39, 0.29) is 24.0 Å². The first-order chi connectivity index (χ1) is 12.3. The van der Waals surface area contributed by atoms with Crippen LogP contribution in [0.2, 0.25) is 0 Å². The molecule has 0 aliphatic heterocycles. The Morgan fingerprint density at radius 2 is 1.69 bits per heavy atom. The molecule has 3 rings (SSSR count). The maximum Gasteiger partial charge on any atom is 0.320 e. The van der Waals surface area contributed by atoms with Crippen LogP contribution in [0.1, 0.15) is 46.0 Å². The molecule has 2 bridgehead atoms. The summed E-state index contributed by atoms with van der Waals surface area (Å²) >= 11 is 0. The number of anilines is 1. The van der Waals surface area contributed by atoms with E-state index in [0.29, 0.717) is 17.5 Å². The zero-order valence-corrected chi connectivity index (χ0v) is 15.6. The van der Waals surface area contributed by atoms with Crippen molar-refractivity contribution in [2.75, 3.05) is 5.32 Å². The van der Waals surface area contributed by atoms with Gasteiger partial charge < -0.3 is 21.7 Å². The topological polar surface area (TPSA) is 96.2 Å². The van der Waals surface area contributed by atoms with E-state index in [2.05, 4.69) is 16.0 Å². The maximum absolute atomic E-state index is 12.8. The van der Waals surface area contributed by atoms with Crippen molar-refractivity contribution >= 4 is 17.6 Å². The number of rotatable bonds is 4. The zero-order chi connectivity index (χ0) is 18.7. The monoisotopic (exact) mass is 358 g/mol. The van der Waals surface area contributed by atoms with Gasteiger partial charge in [-0.3, -0.25) is 4.79 Å². The van der Waals surface area contributed by atoms with Gasteiger partial charge in [0.2, 0.25) is 5.91 Å². The van der Waals surface area contributed by atoms with Crippen LogP contribution in [0.5, 0.6) is 0 Å². The van der Waals surface area contributed by atoms with Crippen molar-refractivity contribution in [1.82, 2.24) is 10.6 Å². The molecule has 0 spiro atoms. The Hall–Kier alpha value is -2.08. The summed E-state index contributed by atoms with van der Waals surface area (Å²) in [6.07, 6.45) is 5.41. The number of hydrogen-bond donors (Lipinski definition) is 4. The molecule has 6 heteroatoms. The summed E-state index contributed by atoms with van der Waals surface area (Å²) in [6.45, 7) is 3.47. The molecular weight excluding hydrogens is 328 g/mol. The van der Waals surface area contributed by atoms with Gasteiger partial charge in [-0.15, -0.1) is 0 Å². The summed E-state index contributed by atoms with van der Waals surface area (Å²) in [5, 5.41) is 8.75. The van der Waals surface area contributed by atoms with Crippen molar-refractivity contribution in [2.24, 2.45) is 17.6 Å². The molecule has 2 fully saturated rings. The van der Waals surface area contributed by atoms with E-state index < -0.39 is 5.54 Å². The van der Waals surface area contributed by atoms with E-state index in [4.69, 9.17) is 5.73 Å². The molecule has 5 N–H and O–H groups in total. The van der Waals surface area contributed by atoms with Crippen molar-refractivity contribution in [3.8, 4) is 0 Å². The lowest BCUT2D eigenvalue weighted by molar-refractivity contribution is -0.128. The molecule has 2 saturated carbocycles. The minimum atomic E-state index is -0.993. The summed E-state index contributed by atoms with van der Waals surface area (Å²) in [6, 6.07) is 9.23. The molecule has 3 amide bonds. The Bertz CT molecular complexity index is 632. The largest absolute Gasteiger partial charge is 0.351 e. The number of nitrogens with one attached hydrogen (secondary N) is 3. The van der Waals surface area contributed by atoms with Crippen LogP contribution < -0.4 is 21.7 Å². The number of carbonyl (C=O) groups is 2. The van der Waals surface area contributed by atoms with Crippen LogP contribution in [0.4, 0.5) is 10.5 Å². The average Bonchev–Trinajstić information content (AvgIpc) is 2.56. The lowest BCUT2D eigenvalue weighted by atomic mass is 9.67. The lowest BCUT2D eigenvalue weighted by Crippen LogP contribution is -2.61. The van der Waals surface area contributed by atoms with Crippen LogP contribution in [0.15, 0.2) is 30.3 Å². The first-order valence-electron chi connectivity index (χ1n) is 9.56. The smallest absolute Gasteiger partial charge is 0.320 e. The fourth-order valence-corrected chi connectivity index (χ4v) is 4.38. The third kappa shape index (κ3) is 4.36. The van der Waals surface area contributed by atoms with E-state index in [9.17, 15) is 9.59 Å². The summed E-state index contributed by atoms with van der Waals surface area (Å²) in [7, 11) is 0. The van der Waals surface area contributed by atoms with E-state index in [1.54, 1.807) is 26.0 Å². The highest BCUT2D eigenvalue weighted by Gasteiger charge is 2.42. The standard InChI is InChI=1S/C20H30N4O2/c1-20(2,24-19(26)22-16-9-4-3-5-10-16)18(25)23-17-13-7-6-8-14(17)12-15(21)11-13/h3-5,9-10,13-15,17H,6-8,11-12,21H2,1-2H3,(H,23,25)(H2,22,24,26). The fraction of sp³-hybridized carbons (Fsp3) is 0.600. The van der Waals surface area contributed by atoms with Gasteiger partial charge in [0.25, 0.3) is 0 Å². The van der Waals surface area contributed by atoms with Crippen molar-refractivity contribution in [2.45, 2.75) is 63.6 Å². The van der Waals surface area contributed by atoms with Crippen LogP contribution in [-0.4, -0.2) is 29.6 Å². The van der Waals surface area contributed by atoms with Gasteiger partial charge >= 0.3 is 6.03 Å². The lowest BCUT2D eigenvalue weighted by Gasteiger charge is -2.46. The Morgan fingerprint density at radius 1 is 1.08 bits per heavy atom. The second-order valence-corrected chi connectivity index (χ2v) is 8.25. The number of hydrogen-bond acceptors (Lipinski definition) is 3. The second kappa shape index (κ2) is 7.66. The molecule has 2 atom stereocenters. The Balaban J connectivity index is 1.58. The molecule has 1 aromatic carbocycles. The Labute approximate surface area is 155 Å². The number of carbonyl (C=O) groups excluding carboxylic acids is 2. The van der Waals surface area contributed by atoms with Gasteiger partial charge in [-0.05, 0) is 63.5 Å². The van der Waals surface area contributed by atoms with Crippen LogP contribution in [0, 0.1) is 11.8 Å². The summed E-state index contributed by atoms with van der Waals surface area (Å²) in [4.78, 5) is 25.1. The van der Waals surface area contributed by atoms with Crippen LogP contribution >= 0.6 is 0 Å². The molecule has 2 unspecified atom stereocenters. The van der Waals surface area contributed by atoms with Crippen LogP contribution in [0.25, 0.3) is 0 Å². The Morgan fingerprint density at radius 3 is 2.31 bits per heavy atom. The molecule has 6 nitrogen and oxygen atoms in total. The fourth-order valence-electron chi connectivity index (χ4n) is 4.38. The summed E-state index contributed by atoms with van der Waals surface area (Å²) in [5.41, 5.74) is 5.86. The highest BCUT2D eigenvalue weighted by atomic mass is 16.2. The minimum absolute atomic E-state index is 0.141. The first kappa shape index (κ1) is 18.7. The van der Waals surface area contributed by atoms with Crippen molar-refractivity contribution in [3.05, 3.63) is 30.3 Å². The van der Waals surface area contributed by atoms with E-state index in [1.165, 1.54) is 6.42 Å². The number of fused-ring (bicyclic) bond motifs is 2. The molecule has 2 aliphatic rings. The number of amides is 3.